The summed E-state index contributed by atoms with van der Waals surface area (Å²) in [5.41, 5.74) is 3.90. The summed E-state index contributed by atoms with van der Waals surface area (Å²) < 4.78 is 9.51. The van der Waals surface area contributed by atoms with Gasteiger partial charge in [-0.1, -0.05) is 15.9 Å². The van der Waals surface area contributed by atoms with Crippen LogP contribution in [0.3, 0.4) is 0 Å². The van der Waals surface area contributed by atoms with Crippen molar-refractivity contribution < 1.29 is 4.74 Å². The Morgan fingerprint density at radius 3 is 2.78 bits per heavy atom. The molecule has 0 N–H and O–H groups in total. The summed E-state index contributed by atoms with van der Waals surface area (Å²) in [6.45, 7) is 4.40. The Bertz CT molecular complexity index is 1310. The maximum atomic E-state index is 5.79. The van der Waals surface area contributed by atoms with E-state index in [2.05, 4.69) is 49.0 Å². The molecule has 6 nitrogen and oxygen atoms in total. The highest BCUT2D eigenvalue weighted by atomic mass is 79.9. The van der Waals surface area contributed by atoms with Crippen molar-refractivity contribution in [1.82, 2.24) is 24.6 Å². The first-order valence-electron chi connectivity index (χ1n) is 8.37. The molecule has 5 aromatic rings. The molecule has 5 rings (SSSR count). The number of nitrogens with zero attached hydrogens (tertiary/aromatic N) is 5. The molecule has 8 heteroatoms. The molecule has 1 aromatic carbocycles. The van der Waals surface area contributed by atoms with Crippen molar-refractivity contribution in [3.8, 4) is 5.75 Å². The van der Waals surface area contributed by atoms with Gasteiger partial charge in [0, 0.05) is 15.6 Å². The van der Waals surface area contributed by atoms with E-state index in [1.54, 1.807) is 22.2 Å². The zero-order valence-corrected chi connectivity index (χ0v) is 17.0. The maximum absolute atomic E-state index is 5.79. The highest BCUT2D eigenvalue weighted by molar-refractivity contribution is 9.10. The number of pyridine rings is 1. The second kappa shape index (κ2) is 6.24. The standard InChI is InChI=1S/C19H14BrN5OS/c1-10-7-11(2)22-19-15(10)16-17(27-19)18-23-14(24-25(18)9-21-16)8-26-13-5-3-12(20)4-6-13/h3-7,9H,8H2,1-2H3. The van der Waals surface area contributed by atoms with Gasteiger partial charge in [-0.25, -0.2) is 19.5 Å². The molecule has 0 atom stereocenters. The summed E-state index contributed by atoms with van der Waals surface area (Å²) in [6, 6.07) is 9.77. The average Bonchev–Trinajstić information content (AvgIpc) is 3.21. The normalized spacial score (nSPS) is 11.7. The van der Waals surface area contributed by atoms with E-state index in [4.69, 9.17) is 4.74 Å². The number of ether oxygens (including phenoxy) is 1. The van der Waals surface area contributed by atoms with Crippen molar-refractivity contribution in [3.05, 3.63) is 58.2 Å². The van der Waals surface area contributed by atoms with Crippen molar-refractivity contribution in [2.75, 3.05) is 0 Å². The monoisotopic (exact) mass is 439 g/mol. The lowest BCUT2D eigenvalue weighted by atomic mass is 10.1. The van der Waals surface area contributed by atoms with Gasteiger partial charge in [-0.2, -0.15) is 0 Å². The summed E-state index contributed by atoms with van der Waals surface area (Å²) in [5.74, 6) is 1.39. The van der Waals surface area contributed by atoms with E-state index in [0.717, 1.165) is 42.0 Å². The van der Waals surface area contributed by atoms with Gasteiger partial charge in [-0.3, -0.25) is 0 Å². The quantitative estimate of drug-likeness (QED) is 0.402. The van der Waals surface area contributed by atoms with Crippen molar-refractivity contribution in [3.63, 3.8) is 0 Å². The molecule has 0 fully saturated rings. The molecule has 27 heavy (non-hydrogen) atoms. The topological polar surface area (TPSA) is 65.2 Å². The second-order valence-electron chi connectivity index (χ2n) is 6.32. The Kier molecular flexibility index (Phi) is 3.84. The fourth-order valence-corrected chi connectivity index (χ4v) is 4.64. The van der Waals surface area contributed by atoms with Crippen LogP contribution >= 0.6 is 27.3 Å². The van der Waals surface area contributed by atoms with Gasteiger partial charge in [0.1, 0.15) is 28.2 Å². The van der Waals surface area contributed by atoms with E-state index < -0.39 is 0 Å². The molecule has 0 amide bonds. The van der Waals surface area contributed by atoms with E-state index in [0.29, 0.717) is 12.4 Å². The molecule has 0 aliphatic rings. The lowest BCUT2D eigenvalue weighted by Crippen LogP contribution is -1.98. The number of fused-ring (bicyclic) bond motifs is 5. The maximum Gasteiger partial charge on any atom is 0.189 e. The van der Waals surface area contributed by atoms with Gasteiger partial charge in [-0.15, -0.1) is 16.4 Å². The van der Waals surface area contributed by atoms with Crippen molar-refractivity contribution in [2.45, 2.75) is 20.5 Å². The van der Waals surface area contributed by atoms with Crippen LogP contribution in [0, 0.1) is 13.8 Å². The van der Waals surface area contributed by atoms with E-state index in [-0.39, 0.29) is 0 Å². The molecule has 0 aliphatic carbocycles. The van der Waals surface area contributed by atoms with Crippen LogP contribution in [0.25, 0.3) is 26.1 Å². The van der Waals surface area contributed by atoms with Crippen LogP contribution in [0.4, 0.5) is 0 Å². The molecule has 0 aliphatic heterocycles. The zero-order valence-electron chi connectivity index (χ0n) is 14.6. The summed E-state index contributed by atoms with van der Waals surface area (Å²) in [4.78, 5) is 14.9. The van der Waals surface area contributed by atoms with Crippen LogP contribution in [-0.2, 0) is 6.61 Å². The number of benzene rings is 1. The van der Waals surface area contributed by atoms with Crippen molar-refractivity contribution >= 4 is 53.3 Å². The fourth-order valence-electron chi connectivity index (χ4n) is 3.15. The summed E-state index contributed by atoms with van der Waals surface area (Å²) >= 11 is 5.02. The Balaban J connectivity index is 1.57. The third-order valence-electron chi connectivity index (χ3n) is 4.32. The van der Waals surface area contributed by atoms with E-state index in [1.807, 2.05) is 31.2 Å². The third kappa shape index (κ3) is 2.85. The first-order chi connectivity index (χ1) is 13.1. The predicted molar refractivity (Wildman–Crippen MR) is 109 cm³/mol. The first kappa shape index (κ1) is 16.6. The Morgan fingerprint density at radius 2 is 1.96 bits per heavy atom. The summed E-state index contributed by atoms with van der Waals surface area (Å²) in [7, 11) is 0. The van der Waals surface area contributed by atoms with Gasteiger partial charge in [0.25, 0.3) is 0 Å². The minimum Gasteiger partial charge on any atom is -0.486 e. The minimum atomic E-state index is 0.298. The fraction of sp³-hybridized carbons (Fsp3) is 0.158. The molecule has 134 valence electrons. The number of hydrogen-bond acceptors (Lipinski definition) is 6. The second-order valence-corrected chi connectivity index (χ2v) is 8.24. The lowest BCUT2D eigenvalue weighted by Gasteiger charge is -2.02. The zero-order chi connectivity index (χ0) is 18.5. The van der Waals surface area contributed by atoms with Gasteiger partial charge >= 0.3 is 0 Å². The lowest BCUT2D eigenvalue weighted by molar-refractivity contribution is 0.296. The molecule has 0 radical (unpaired) electrons. The van der Waals surface area contributed by atoms with Crippen molar-refractivity contribution in [1.29, 1.82) is 0 Å². The number of hydrogen-bond donors (Lipinski definition) is 0. The molecule has 0 saturated heterocycles. The number of thiophene rings is 1. The van der Waals surface area contributed by atoms with Crippen molar-refractivity contribution in [2.24, 2.45) is 0 Å². The van der Waals surface area contributed by atoms with Crippen LogP contribution in [0.5, 0.6) is 5.75 Å². The highest BCUT2D eigenvalue weighted by Gasteiger charge is 2.16. The smallest absolute Gasteiger partial charge is 0.189 e. The first-order valence-corrected chi connectivity index (χ1v) is 9.98. The molecule has 0 spiro atoms. The van der Waals surface area contributed by atoms with E-state index in [9.17, 15) is 0 Å². The molecule has 0 saturated carbocycles. The molecular formula is C19H14BrN5OS. The molecule has 0 bridgehead atoms. The summed E-state index contributed by atoms with van der Waals surface area (Å²) in [6.07, 6.45) is 1.71. The third-order valence-corrected chi connectivity index (χ3v) is 5.92. The SMILES string of the molecule is Cc1cc(C)c2c(n1)sc1c2ncn2nc(COc3ccc(Br)cc3)nc12. The van der Waals surface area contributed by atoms with Crippen LogP contribution in [-0.4, -0.2) is 24.6 Å². The number of halogens is 1. The Morgan fingerprint density at radius 1 is 1.15 bits per heavy atom. The molecule has 4 heterocycles. The number of aromatic nitrogens is 5. The number of aryl methyl sites for hydroxylation is 2. The Hall–Kier alpha value is -2.58. The molecule has 0 unspecified atom stereocenters. The van der Waals surface area contributed by atoms with Crippen LogP contribution in [0.15, 0.2) is 41.1 Å². The number of rotatable bonds is 3. The van der Waals surface area contributed by atoms with Gasteiger partial charge in [0.15, 0.2) is 11.5 Å². The van der Waals surface area contributed by atoms with E-state index >= 15 is 0 Å². The Labute approximate surface area is 167 Å². The van der Waals surface area contributed by atoms with Gasteiger partial charge in [0.2, 0.25) is 0 Å². The van der Waals surface area contributed by atoms with Crippen LogP contribution < -0.4 is 4.74 Å². The highest BCUT2D eigenvalue weighted by Crippen LogP contribution is 2.35. The van der Waals surface area contributed by atoms with Gasteiger partial charge in [0.05, 0.1) is 5.52 Å². The minimum absolute atomic E-state index is 0.298. The average molecular weight is 440 g/mol. The molecule has 4 aromatic heterocycles. The molecular weight excluding hydrogens is 426 g/mol. The largest absolute Gasteiger partial charge is 0.486 e. The van der Waals surface area contributed by atoms with E-state index in [1.165, 1.54) is 5.56 Å². The summed E-state index contributed by atoms with van der Waals surface area (Å²) in [5, 5.41) is 5.60. The van der Waals surface area contributed by atoms with Gasteiger partial charge < -0.3 is 4.74 Å². The van der Waals surface area contributed by atoms with Crippen LogP contribution in [0.2, 0.25) is 0 Å². The predicted octanol–water partition coefficient (Wildman–Crippen LogP) is 4.85. The van der Waals surface area contributed by atoms with Gasteiger partial charge in [-0.05, 0) is 49.7 Å². The van der Waals surface area contributed by atoms with Crippen LogP contribution in [0.1, 0.15) is 17.1 Å².